The fraction of sp³-hybridized carbons (Fsp3) is 0.385. The molecule has 2 unspecified atom stereocenters. The molecule has 0 bridgehead atoms. The van der Waals surface area contributed by atoms with E-state index >= 15 is 0 Å². The zero-order valence-electron chi connectivity index (χ0n) is 10.6. The summed E-state index contributed by atoms with van der Waals surface area (Å²) in [6, 6.07) is 4.59. The van der Waals surface area contributed by atoms with Crippen LogP contribution in [0, 0.1) is 0 Å². The van der Waals surface area contributed by atoms with E-state index in [0.717, 1.165) is 0 Å². The Kier molecular flexibility index (Phi) is 3.09. The normalized spacial score (nSPS) is 17.8. The summed E-state index contributed by atoms with van der Waals surface area (Å²) in [5.74, 6) is -0.650. The van der Waals surface area contributed by atoms with Gasteiger partial charge in [-0.05, 0) is 26.0 Å². The van der Waals surface area contributed by atoms with Crippen molar-refractivity contribution in [2.75, 3.05) is 12.8 Å². The number of nitrogen functional groups attached to an aromatic ring is 1. The third-order valence-corrected chi connectivity index (χ3v) is 3.44. The van der Waals surface area contributed by atoms with Gasteiger partial charge in [0.2, 0.25) is 0 Å². The number of nitrogens with two attached hydrogens (primary N) is 1. The van der Waals surface area contributed by atoms with Gasteiger partial charge in [0.15, 0.2) is 0 Å². The van der Waals surface area contributed by atoms with Gasteiger partial charge >= 0.3 is 0 Å². The van der Waals surface area contributed by atoms with Gasteiger partial charge in [0.05, 0.1) is 23.3 Å². The Morgan fingerprint density at radius 2 is 1.89 bits per heavy atom. The highest BCUT2D eigenvalue weighted by Crippen LogP contribution is 2.29. The van der Waals surface area contributed by atoms with Crippen molar-refractivity contribution in [2.45, 2.75) is 26.0 Å². The van der Waals surface area contributed by atoms with Gasteiger partial charge in [-0.1, -0.05) is 6.07 Å². The Morgan fingerprint density at radius 1 is 1.22 bits per heavy atom. The second-order valence-electron chi connectivity index (χ2n) is 4.43. The first-order chi connectivity index (χ1) is 8.49. The first-order valence-electron chi connectivity index (χ1n) is 5.78. The van der Waals surface area contributed by atoms with Gasteiger partial charge in [0.25, 0.3) is 11.8 Å². The van der Waals surface area contributed by atoms with Crippen molar-refractivity contribution in [1.29, 1.82) is 0 Å². The molecule has 2 amide bonds. The van der Waals surface area contributed by atoms with Gasteiger partial charge < -0.3 is 10.5 Å². The van der Waals surface area contributed by atoms with Crippen LogP contribution < -0.4 is 5.73 Å². The lowest BCUT2D eigenvalue weighted by molar-refractivity contribution is 0.0281. The highest BCUT2D eigenvalue weighted by atomic mass is 16.5. The van der Waals surface area contributed by atoms with Crippen LogP contribution in [0.2, 0.25) is 0 Å². The Bertz CT molecular complexity index is 513. The molecule has 0 saturated heterocycles. The molecule has 18 heavy (non-hydrogen) atoms. The minimum atomic E-state index is -0.343. The van der Waals surface area contributed by atoms with Crippen molar-refractivity contribution in [1.82, 2.24) is 4.90 Å². The predicted octanol–water partition coefficient (Wildman–Crippen LogP) is 1.29. The molecule has 5 heteroatoms. The number of hydrogen-bond donors (Lipinski definition) is 1. The van der Waals surface area contributed by atoms with Gasteiger partial charge in [-0.25, -0.2) is 0 Å². The van der Waals surface area contributed by atoms with E-state index in [4.69, 9.17) is 10.5 Å². The molecule has 0 aromatic heterocycles. The average molecular weight is 248 g/mol. The summed E-state index contributed by atoms with van der Waals surface area (Å²) in [5.41, 5.74) is 6.78. The third-order valence-electron chi connectivity index (χ3n) is 3.44. The Labute approximate surface area is 106 Å². The average Bonchev–Trinajstić information content (AvgIpc) is 2.61. The maximum atomic E-state index is 12.3. The molecule has 96 valence electrons. The van der Waals surface area contributed by atoms with E-state index in [9.17, 15) is 9.59 Å². The van der Waals surface area contributed by atoms with Gasteiger partial charge in [-0.3, -0.25) is 14.5 Å². The number of anilines is 1. The number of ether oxygens (including phenoxy) is 1. The van der Waals surface area contributed by atoms with E-state index in [2.05, 4.69) is 0 Å². The Balaban J connectivity index is 2.43. The van der Waals surface area contributed by atoms with Crippen molar-refractivity contribution < 1.29 is 14.3 Å². The fourth-order valence-corrected chi connectivity index (χ4v) is 2.11. The molecule has 1 heterocycles. The first-order valence-corrected chi connectivity index (χ1v) is 5.78. The van der Waals surface area contributed by atoms with Crippen LogP contribution in [-0.4, -0.2) is 36.0 Å². The van der Waals surface area contributed by atoms with Crippen molar-refractivity contribution in [3.8, 4) is 0 Å². The summed E-state index contributed by atoms with van der Waals surface area (Å²) in [7, 11) is 1.55. The molecule has 2 rings (SSSR count). The van der Waals surface area contributed by atoms with Crippen molar-refractivity contribution in [3.05, 3.63) is 29.3 Å². The highest BCUT2D eigenvalue weighted by Gasteiger charge is 2.41. The number of amides is 2. The van der Waals surface area contributed by atoms with Gasteiger partial charge in [-0.15, -0.1) is 0 Å². The monoisotopic (exact) mass is 248 g/mol. The van der Waals surface area contributed by atoms with Crippen molar-refractivity contribution >= 4 is 17.5 Å². The topological polar surface area (TPSA) is 72.6 Å². The summed E-state index contributed by atoms with van der Waals surface area (Å²) >= 11 is 0. The van der Waals surface area contributed by atoms with Crippen LogP contribution in [0.4, 0.5) is 5.69 Å². The Hall–Kier alpha value is -1.88. The standard InChI is InChI=1S/C13H16N2O3/c1-7(8(2)18-3)15-12(16)9-5-4-6-10(14)11(9)13(15)17/h4-8H,14H2,1-3H3. The maximum Gasteiger partial charge on any atom is 0.263 e. The van der Waals surface area contributed by atoms with Crippen LogP contribution in [0.1, 0.15) is 34.6 Å². The summed E-state index contributed by atoms with van der Waals surface area (Å²) in [6.45, 7) is 3.60. The summed E-state index contributed by atoms with van der Waals surface area (Å²) < 4.78 is 5.17. The Morgan fingerprint density at radius 3 is 2.44 bits per heavy atom. The summed E-state index contributed by atoms with van der Waals surface area (Å²) in [5, 5.41) is 0. The molecule has 0 fully saturated rings. The predicted molar refractivity (Wildman–Crippen MR) is 67.3 cm³/mol. The largest absolute Gasteiger partial charge is 0.398 e. The van der Waals surface area contributed by atoms with E-state index < -0.39 is 0 Å². The molecular formula is C13H16N2O3. The minimum absolute atomic E-state index is 0.228. The third kappa shape index (κ3) is 1.67. The lowest BCUT2D eigenvalue weighted by atomic mass is 10.1. The second kappa shape index (κ2) is 4.42. The van der Waals surface area contributed by atoms with Crippen molar-refractivity contribution in [2.24, 2.45) is 0 Å². The molecule has 0 aliphatic carbocycles. The molecule has 5 nitrogen and oxygen atoms in total. The molecule has 1 aliphatic heterocycles. The molecule has 0 radical (unpaired) electrons. The zero-order chi connectivity index (χ0) is 13.4. The van der Waals surface area contributed by atoms with Crippen LogP contribution in [0.25, 0.3) is 0 Å². The fourth-order valence-electron chi connectivity index (χ4n) is 2.11. The number of imide groups is 1. The van der Waals surface area contributed by atoms with E-state index in [1.165, 1.54) is 4.90 Å². The number of hydrogen-bond acceptors (Lipinski definition) is 4. The molecule has 2 N–H and O–H groups in total. The number of benzene rings is 1. The van der Waals surface area contributed by atoms with Gasteiger partial charge in [0, 0.05) is 12.8 Å². The lowest BCUT2D eigenvalue weighted by Gasteiger charge is -2.26. The number of carbonyl (C=O) groups is 2. The molecule has 2 atom stereocenters. The van der Waals surface area contributed by atoms with Gasteiger partial charge in [0.1, 0.15) is 0 Å². The van der Waals surface area contributed by atoms with E-state index in [1.807, 2.05) is 6.92 Å². The maximum absolute atomic E-state index is 12.3. The minimum Gasteiger partial charge on any atom is -0.398 e. The lowest BCUT2D eigenvalue weighted by Crippen LogP contribution is -2.44. The SMILES string of the molecule is COC(C)C(C)N1C(=O)c2cccc(N)c2C1=O. The zero-order valence-corrected chi connectivity index (χ0v) is 10.6. The van der Waals surface area contributed by atoms with E-state index in [0.29, 0.717) is 16.8 Å². The van der Waals surface area contributed by atoms with Crippen LogP contribution >= 0.6 is 0 Å². The number of nitrogens with zero attached hydrogens (tertiary/aromatic N) is 1. The molecule has 0 spiro atoms. The number of methoxy groups -OCH3 is 1. The number of rotatable bonds is 3. The molecule has 1 aromatic carbocycles. The molecule has 1 aromatic rings. The number of fused-ring (bicyclic) bond motifs is 1. The second-order valence-corrected chi connectivity index (χ2v) is 4.43. The number of carbonyl (C=O) groups excluding carboxylic acids is 2. The van der Waals surface area contributed by atoms with Crippen LogP contribution in [0.3, 0.4) is 0 Å². The van der Waals surface area contributed by atoms with Gasteiger partial charge in [-0.2, -0.15) is 0 Å². The molecule has 0 saturated carbocycles. The highest BCUT2D eigenvalue weighted by molar-refractivity contribution is 6.23. The summed E-state index contributed by atoms with van der Waals surface area (Å²) in [6.07, 6.45) is -0.228. The van der Waals surface area contributed by atoms with E-state index in [1.54, 1.807) is 32.2 Å². The first kappa shape index (κ1) is 12.6. The van der Waals surface area contributed by atoms with Crippen LogP contribution in [-0.2, 0) is 4.74 Å². The van der Waals surface area contributed by atoms with Crippen molar-refractivity contribution in [3.63, 3.8) is 0 Å². The quantitative estimate of drug-likeness (QED) is 0.646. The molecular weight excluding hydrogens is 232 g/mol. The molecule has 1 aliphatic rings. The summed E-state index contributed by atoms with van der Waals surface area (Å²) in [4.78, 5) is 25.7. The van der Waals surface area contributed by atoms with E-state index in [-0.39, 0.29) is 24.0 Å². The smallest absolute Gasteiger partial charge is 0.263 e. The van der Waals surface area contributed by atoms with Crippen LogP contribution in [0.15, 0.2) is 18.2 Å². The van der Waals surface area contributed by atoms with Crippen LogP contribution in [0.5, 0.6) is 0 Å².